The number of aliphatic imine (C=N–C) groups is 2. The van der Waals surface area contributed by atoms with E-state index in [2.05, 4.69) is 132 Å². The van der Waals surface area contributed by atoms with E-state index in [-0.39, 0.29) is 5.41 Å². The summed E-state index contributed by atoms with van der Waals surface area (Å²) < 4.78 is 14.4. The van der Waals surface area contributed by atoms with Gasteiger partial charge in [-0.3, -0.25) is 0 Å². The lowest BCUT2D eigenvalue weighted by atomic mass is 9.80. The van der Waals surface area contributed by atoms with Crippen LogP contribution in [-0.4, -0.2) is 105 Å². The van der Waals surface area contributed by atoms with Crippen LogP contribution in [0.25, 0.3) is 68.1 Å². The normalized spacial score (nSPS) is 17.1. The van der Waals surface area contributed by atoms with E-state index in [1.807, 2.05) is 128 Å². The monoisotopic (exact) mass is 1130 g/mol. The first-order valence-corrected chi connectivity index (χ1v) is 28.6. The topological polar surface area (TPSA) is 193 Å². The van der Waals surface area contributed by atoms with Crippen molar-refractivity contribution >= 4 is 67.4 Å². The number of thiophene rings is 1. The molecule has 0 aliphatic carbocycles. The van der Waals surface area contributed by atoms with Crippen molar-refractivity contribution in [2.45, 2.75) is 83.1 Å². The van der Waals surface area contributed by atoms with Crippen LogP contribution < -0.4 is 0 Å². The third-order valence-corrected chi connectivity index (χ3v) is 16.7. The van der Waals surface area contributed by atoms with E-state index >= 15 is 0 Å². The van der Waals surface area contributed by atoms with Crippen molar-refractivity contribution < 1.29 is 4.42 Å². The number of benzene rings is 2. The van der Waals surface area contributed by atoms with Crippen LogP contribution in [0.5, 0.6) is 0 Å². The van der Waals surface area contributed by atoms with Crippen molar-refractivity contribution in [1.82, 2.24) is 78.8 Å². The Labute approximate surface area is 489 Å². The first kappa shape index (κ1) is 53.5. The minimum absolute atomic E-state index is 0.372. The van der Waals surface area contributed by atoms with Gasteiger partial charge in [-0.05, 0) is 121 Å². The lowest BCUT2D eigenvalue weighted by Crippen LogP contribution is -2.28. The molecule has 0 amide bonds. The van der Waals surface area contributed by atoms with Crippen LogP contribution >= 0.6 is 11.3 Å². The predicted molar refractivity (Wildman–Crippen MR) is 330 cm³/mol. The summed E-state index contributed by atoms with van der Waals surface area (Å²) in [7, 11) is 4.07. The minimum Gasteiger partial charge on any atom is -0.456 e. The van der Waals surface area contributed by atoms with Gasteiger partial charge in [-0.25, -0.2) is 28.7 Å². The van der Waals surface area contributed by atoms with E-state index < -0.39 is 5.41 Å². The highest BCUT2D eigenvalue weighted by Gasteiger charge is 2.42. The Hall–Kier alpha value is -9.82. The number of hydrogen-bond donors (Lipinski definition) is 0. The number of rotatable bonds is 8. The van der Waals surface area contributed by atoms with Gasteiger partial charge in [0.05, 0.1) is 34.2 Å². The molecule has 84 heavy (non-hydrogen) atoms. The zero-order valence-electron chi connectivity index (χ0n) is 49.4. The van der Waals surface area contributed by atoms with Crippen molar-refractivity contribution in [1.29, 1.82) is 0 Å². The van der Waals surface area contributed by atoms with Crippen molar-refractivity contribution in [2.75, 3.05) is 14.1 Å². The summed E-state index contributed by atoms with van der Waals surface area (Å²) in [6.45, 7) is 24.5. The molecule has 0 saturated carbocycles. The number of nitrogens with zero attached hydrogens (tertiary/aromatic N) is 18. The molecule has 0 radical (unpaired) electrons. The SMILES string of the molecule is Cc1cc(C)n(-c2nc(/C=C3\N=C4C(=CC(c5cc6ccccc6o5)=CN4C)C3(C)C)nc(-n3nc(C)cc3C)n2)n1.Cc1cc(C)n(-c2nc(/C=C3\N=C4C(=CC(c5cc6ccccc6s5)=CN4C)C3(C)C)nc(-n3nc(C)cc3C)n2)n1. The predicted octanol–water partition coefficient (Wildman–Crippen LogP) is 12.3. The van der Waals surface area contributed by atoms with E-state index in [1.165, 1.54) is 20.5 Å². The highest BCUT2D eigenvalue weighted by molar-refractivity contribution is 7.20. The van der Waals surface area contributed by atoms with Gasteiger partial charge in [0.2, 0.25) is 0 Å². The van der Waals surface area contributed by atoms with Crippen LogP contribution in [0.4, 0.5) is 0 Å². The molecule has 0 bridgehead atoms. The third-order valence-electron chi connectivity index (χ3n) is 15.5. The summed E-state index contributed by atoms with van der Waals surface area (Å²) in [5.41, 5.74) is 13.5. The molecule has 20 heteroatoms. The van der Waals surface area contributed by atoms with Crippen molar-refractivity contribution in [2.24, 2.45) is 20.8 Å². The van der Waals surface area contributed by atoms with Crippen molar-refractivity contribution in [3.8, 4) is 23.8 Å². The smallest absolute Gasteiger partial charge is 0.256 e. The van der Waals surface area contributed by atoms with Gasteiger partial charge in [-0.2, -0.15) is 50.3 Å². The molecule has 0 N–H and O–H groups in total. The number of para-hydroxylation sites is 1. The Balaban J connectivity index is 0.000000157. The first-order chi connectivity index (χ1) is 40.1. The second-order valence-electron chi connectivity index (χ2n) is 22.9. The van der Waals surface area contributed by atoms with Gasteiger partial charge in [0, 0.05) is 110 Å². The number of amidine groups is 2. The van der Waals surface area contributed by atoms with Crippen LogP contribution in [0.3, 0.4) is 0 Å². The summed E-state index contributed by atoms with van der Waals surface area (Å²) in [5.74, 6) is 5.36. The highest BCUT2D eigenvalue weighted by Crippen LogP contribution is 2.48. The Morgan fingerprint density at radius 3 is 1.29 bits per heavy atom. The standard InChI is InChI=1S/C32H31N9O.C32H31N9S/c2*1-18-12-20(3)40(37-18)30-34-28(35-31(36-30)41-21(4)13-19(2)38-41)16-27-32(5,6)24-14-23(17-39(7)29(24)33-27)26-15-22-10-8-9-11-25(22)42-26/h2*8-17H,1-7H3/b2*27-16-. The van der Waals surface area contributed by atoms with Crippen molar-refractivity contribution in [3.63, 3.8) is 0 Å². The van der Waals surface area contributed by atoms with Crippen LogP contribution in [0.15, 0.2) is 146 Å². The Morgan fingerprint density at radius 1 is 0.464 bits per heavy atom. The third kappa shape index (κ3) is 9.50. The van der Waals surface area contributed by atoms with Crippen LogP contribution in [-0.2, 0) is 0 Å². The molecule has 4 aliphatic heterocycles. The fourth-order valence-electron chi connectivity index (χ4n) is 11.2. The van der Waals surface area contributed by atoms with Gasteiger partial charge in [0.15, 0.2) is 11.6 Å². The van der Waals surface area contributed by atoms with Gasteiger partial charge in [-0.15, -0.1) is 11.3 Å². The molecule has 12 heterocycles. The maximum absolute atomic E-state index is 6.19. The van der Waals surface area contributed by atoms with Crippen LogP contribution in [0, 0.1) is 66.2 Å². The van der Waals surface area contributed by atoms with E-state index in [4.69, 9.17) is 44.3 Å². The molecule has 420 valence electrons. The molecule has 4 aliphatic rings. The number of aryl methyl sites for hydroxylation is 8. The summed E-state index contributed by atoms with van der Waals surface area (Å²) >= 11 is 1.81. The first-order valence-electron chi connectivity index (χ1n) is 27.7. The minimum atomic E-state index is -0.418. The number of allylic oxidation sites excluding steroid dienone is 6. The molecular formula is C64H62N18OS. The Morgan fingerprint density at radius 2 is 0.869 bits per heavy atom. The van der Waals surface area contributed by atoms with E-state index in [0.29, 0.717) is 35.4 Å². The highest BCUT2D eigenvalue weighted by atomic mass is 32.1. The lowest BCUT2D eigenvalue weighted by Gasteiger charge is -2.28. The molecule has 10 aromatic rings. The number of aromatic nitrogens is 14. The van der Waals surface area contributed by atoms with Gasteiger partial charge < -0.3 is 14.2 Å². The molecule has 0 spiro atoms. The fraction of sp³-hybridized carbons (Fsp3) is 0.250. The van der Waals surface area contributed by atoms with E-state index in [1.54, 1.807) is 18.7 Å². The maximum Gasteiger partial charge on any atom is 0.256 e. The van der Waals surface area contributed by atoms with Gasteiger partial charge >= 0.3 is 0 Å². The second-order valence-corrected chi connectivity index (χ2v) is 24.0. The van der Waals surface area contributed by atoms with Crippen LogP contribution in [0.1, 0.15) is 95.5 Å². The number of fused-ring (bicyclic) bond motifs is 4. The second kappa shape index (κ2) is 20.0. The molecule has 0 fully saturated rings. The quantitative estimate of drug-likeness (QED) is 0.140. The van der Waals surface area contributed by atoms with Crippen molar-refractivity contribution in [3.05, 3.63) is 200 Å². The molecule has 19 nitrogen and oxygen atoms in total. The number of likely N-dealkylation sites (N-methyl/N-ethyl adjacent to an activating group) is 2. The Kier molecular flexibility index (Phi) is 12.7. The summed E-state index contributed by atoms with van der Waals surface area (Å²) in [4.78, 5) is 44.4. The zero-order chi connectivity index (χ0) is 58.7. The van der Waals surface area contributed by atoms with Crippen LogP contribution in [0.2, 0.25) is 0 Å². The average Bonchev–Trinajstić information content (AvgIpc) is 1.83. The van der Waals surface area contributed by atoms with Gasteiger partial charge in [-0.1, -0.05) is 64.1 Å². The maximum atomic E-state index is 6.19. The lowest BCUT2D eigenvalue weighted by molar-refractivity contribution is 0.563. The molecule has 14 rings (SSSR count). The summed E-state index contributed by atoms with van der Waals surface area (Å²) in [6.07, 6.45) is 12.6. The molecule has 8 aromatic heterocycles. The van der Waals surface area contributed by atoms with Gasteiger partial charge in [0.25, 0.3) is 23.8 Å². The Bertz CT molecular complexity index is 4160. The zero-order valence-corrected chi connectivity index (χ0v) is 50.2. The number of hydrogen-bond acceptors (Lipinski definition) is 16. The largest absolute Gasteiger partial charge is 0.456 e. The molecule has 0 atom stereocenters. The fourth-order valence-corrected chi connectivity index (χ4v) is 12.2. The average molecular weight is 1130 g/mol. The summed E-state index contributed by atoms with van der Waals surface area (Å²) in [5, 5.41) is 20.8. The molecule has 0 unspecified atom stereocenters. The molecule has 0 saturated heterocycles. The van der Waals surface area contributed by atoms with E-state index in [9.17, 15) is 0 Å². The molecule has 2 aromatic carbocycles. The van der Waals surface area contributed by atoms with Gasteiger partial charge in [0.1, 0.15) is 23.0 Å². The molecular weight excluding hydrogens is 1070 g/mol. The summed E-state index contributed by atoms with van der Waals surface area (Å²) in [6, 6.07) is 28.9. The van der Waals surface area contributed by atoms with E-state index in [0.717, 1.165) is 102 Å². The number of furan rings is 1.